The molecule has 0 N–H and O–H groups in total. The number of nitrogens with zero attached hydrogens (tertiary/aromatic N) is 1. The van der Waals surface area contributed by atoms with E-state index < -0.39 is 0 Å². The summed E-state index contributed by atoms with van der Waals surface area (Å²) in [5.74, 6) is 0.891. The van der Waals surface area contributed by atoms with Crippen LogP contribution in [-0.2, 0) is 0 Å². The maximum Gasteiger partial charge on any atom is 0.161 e. The lowest BCUT2D eigenvalue weighted by Gasteiger charge is -2.12. The Morgan fingerprint density at radius 1 is 1.00 bits per heavy atom. The van der Waals surface area contributed by atoms with Crippen LogP contribution in [0.25, 0.3) is 16.9 Å². The van der Waals surface area contributed by atoms with Crippen LogP contribution in [0.1, 0.15) is 23.0 Å². The molecule has 0 aliphatic carbocycles. The van der Waals surface area contributed by atoms with Gasteiger partial charge in [0.05, 0.1) is 12.8 Å². The molecule has 3 rings (SSSR count). The third-order valence-corrected chi connectivity index (χ3v) is 4.03. The first-order valence-electron chi connectivity index (χ1n) is 7.55. The van der Waals surface area contributed by atoms with E-state index in [0.29, 0.717) is 0 Å². The van der Waals surface area contributed by atoms with Crippen LogP contribution in [0.4, 0.5) is 0 Å². The Hall–Kier alpha value is -2.81. The van der Waals surface area contributed by atoms with Crippen LogP contribution in [0, 0.1) is 6.92 Å². The molecule has 3 aromatic rings. The lowest BCUT2D eigenvalue weighted by molar-refractivity contribution is 0.101. The Morgan fingerprint density at radius 2 is 1.65 bits per heavy atom. The molecule has 0 saturated carbocycles. The van der Waals surface area contributed by atoms with Gasteiger partial charge in [0.25, 0.3) is 0 Å². The van der Waals surface area contributed by atoms with Gasteiger partial charge in [0.15, 0.2) is 5.78 Å². The maximum atomic E-state index is 12.0. The van der Waals surface area contributed by atoms with Crippen molar-refractivity contribution in [3.8, 4) is 22.7 Å². The number of hydrogen-bond donors (Lipinski definition) is 0. The van der Waals surface area contributed by atoms with Crippen LogP contribution in [0.15, 0.2) is 60.7 Å². The van der Waals surface area contributed by atoms with Gasteiger partial charge in [0, 0.05) is 16.9 Å². The van der Waals surface area contributed by atoms with Gasteiger partial charge in [-0.05, 0) is 61.9 Å². The Kier molecular flexibility index (Phi) is 4.02. The summed E-state index contributed by atoms with van der Waals surface area (Å²) in [4.78, 5) is 12.0. The maximum absolute atomic E-state index is 12.0. The first-order chi connectivity index (χ1) is 11.1. The minimum atomic E-state index is 0.0759. The molecule has 0 bridgehead atoms. The van der Waals surface area contributed by atoms with Gasteiger partial charge >= 0.3 is 0 Å². The second-order valence-electron chi connectivity index (χ2n) is 5.48. The number of para-hydroxylation sites is 1. The van der Waals surface area contributed by atoms with Gasteiger partial charge in [-0.3, -0.25) is 4.79 Å². The van der Waals surface area contributed by atoms with Crippen LogP contribution in [0.5, 0.6) is 5.75 Å². The monoisotopic (exact) mass is 305 g/mol. The van der Waals surface area contributed by atoms with Crippen LogP contribution in [0.3, 0.4) is 0 Å². The fourth-order valence-electron chi connectivity index (χ4n) is 2.85. The standard InChI is InChI=1S/C20H19NO2/c1-14-19(15(2)22)13-20(16-9-11-18(23-3)12-10-16)21(14)17-7-5-4-6-8-17/h4-13H,1-3H3. The van der Waals surface area contributed by atoms with Crippen molar-refractivity contribution in [3.63, 3.8) is 0 Å². The minimum Gasteiger partial charge on any atom is -0.497 e. The molecule has 0 atom stereocenters. The molecule has 116 valence electrons. The van der Waals surface area contributed by atoms with Crippen molar-refractivity contribution in [3.05, 3.63) is 71.9 Å². The molecule has 0 saturated heterocycles. The van der Waals surface area contributed by atoms with E-state index in [1.165, 1.54) is 0 Å². The summed E-state index contributed by atoms with van der Waals surface area (Å²) < 4.78 is 7.35. The second kappa shape index (κ2) is 6.13. The van der Waals surface area contributed by atoms with E-state index in [0.717, 1.165) is 34.0 Å². The molecule has 23 heavy (non-hydrogen) atoms. The highest BCUT2D eigenvalue weighted by molar-refractivity contribution is 5.97. The highest BCUT2D eigenvalue weighted by Crippen LogP contribution is 2.30. The number of aromatic nitrogens is 1. The number of ketones is 1. The van der Waals surface area contributed by atoms with E-state index in [1.807, 2.05) is 67.6 Å². The normalized spacial score (nSPS) is 10.6. The van der Waals surface area contributed by atoms with Crippen molar-refractivity contribution < 1.29 is 9.53 Å². The number of methoxy groups -OCH3 is 1. The molecule has 0 spiro atoms. The van der Waals surface area contributed by atoms with E-state index in [9.17, 15) is 4.79 Å². The van der Waals surface area contributed by atoms with E-state index >= 15 is 0 Å². The molecule has 1 aromatic heterocycles. The van der Waals surface area contributed by atoms with Crippen LogP contribution in [0.2, 0.25) is 0 Å². The topological polar surface area (TPSA) is 31.2 Å². The smallest absolute Gasteiger partial charge is 0.161 e. The Balaban J connectivity index is 2.22. The second-order valence-corrected chi connectivity index (χ2v) is 5.48. The number of hydrogen-bond acceptors (Lipinski definition) is 2. The van der Waals surface area contributed by atoms with Crippen molar-refractivity contribution in [2.45, 2.75) is 13.8 Å². The molecule has 0 fully saturated rings. The van der Waals surface area contributed by atoms with Gasteiger partial charge in [-0.2, -0.15) is 0 Å². The van der Waals surface area contributed by atoms with Crippen LogP contribution in [-0.4, -0.2) is 17.5 Å². The molecule has 3 nitrogen and oxygen atoms in total. The zero-order valence-electron chi connectivity index (χ0n) is 13.5. The van der Waals surface area contributed by atoms with Crippen molar-refractivity contribution in [1.29, 1.82) is 0 Å². The third kappa shape index (κ3) is 2.78. The lowest BCUT2D eigenvalue weighted by atomic mass is 10.1. The largest absolute Gasteiger partial charge is 0.497 e. The Morgan fingerprint density at radius 3 is 2.22 bits per heavy atom. The van der Waals surface area contributed by atoms with Gasteiger partial charge < -0.3 is 9.30 Å². The molecule has 2 aromatic carbocycles. The van der Waals surface area contributed by atoms with E-state index in [-0.39, 0.29) is 5.78 Å². The molecular formula is C20H19NO2. The van der Waals surface area contributed by atoms with Crippen LogP contribution < -0.4 is 4.74 Å². The predicted molar refractivity (Wildman–Crippen MR) is 92.5 cm³/mol. The summed E-state index contributed by atoms with van der Waals surface area (Å²) in [6.45, 7) is 3.59. The number of rotatable bonds is 4. The molecule has 0 radical (unpaired) electrons. The summed E-state index contributed by atoms with van der Waals surface area (Å²) in [6, 6.07) is 19.9. The third-order valence-electron chi connectivity index (χ3n) is 4.03. The quantitative estimate of drug-likeness (QED) is 0.656. The molecule has 0 aliphatic heterocycles. The molecule has 0 aliphatic rings. The molecule has 3 heteroatoms. The lowest BCUT2D eigenvalue weighted by Crippen LogP contribution is -2.01. The van der Waals surface area contributed by atoms with Crippen molar-refractivity contribution in [1.82, 2.24) is 4.57 Å². The van der Waals surface area contributed by atoms with Crippen LogP contribution >= 0.6 is 0 Å². The van der Waals surface area contributed by atoms with E-state index in [1.54, 1.807) is 14.0 Å². The Labute approximate surface area is 136 Å². The van der Waals surface area contributed by atoms with Crippen molar-refractivity contribution in [2.75, 3.05) is 7.11 Å². The fourth-order valence-corrected chi connectivity index (χ4v) is 2.85. The zero-order valence-corrected chi connectivity index (χ0v) is 13.5. The Bertz CT molecular complexity index is 830. The van der Waals surface area contributed by atoms with Gasteiger partial charge in [-0.1, -0.05) is 18.2 Å². The number of carbonyl (C=O) groups excluding carboxylic acids is 1. The SMILES string of the molecule is COc1ccc(-c2cc(C(C)=O)c(C)n2-c2ccccc2)cc1. The summed E-state index contributed by atoms with van der Waals surface area (Å²) in [5, 5.41) is 0. The number of benzene rings is 2. The summed E-state index contributed by atoms with van der Waals surface area (Å²) in [5.41, 5.74) is 4.80. The highest BCUT2D eigenvalue weighted by atomic mass is 16.5. The fraction of sp³-hybridized carbons (Fsp3) is 0.150. The van der Waals surface area contributed by atoms with Gasteiger partial charge in [0.1, 0.15) is 5.75 Å². The first kappa shape index (κ1) is 15.1. The summed E-state index contributed by atoms with van der Waals surface area (Å²) in [7, 11) is 1.65. The van der Waals surface area contributed by atoms with Crippen molar-refractivity contribution >= 4 is 5.78 Å². The zero-order chi connectivity index (χ0) is 16.4. The number of Topliss-reactive ketones (excluding diaryl/α,β-unsaturated/α-hetero) is 1. The molecule has 0 amide bonds. The molecular weight excluding hydrogens is 286 g/mol. The van der Waals surface area contributed by atoms with Gasteiger partial charge in [-0.25, -0.2) is 0 Å². The number of ether oxygens (including phenoxy) is 1. The first-order valence-corrected chi connectivity index (χ1v) is 7.55. The summed E-state index contributed by atoms with van der Waals surface area (Å²) in [6.07, 6.45) is 0. The summed E-state index contributed by atoms with van der Waals surface area (Å²) >= 11 is 0. The van der Waals surface area contributed by atoms with Crippen molar-refractivity contribution in [2.24, 2.45) is 0 Å². The number of carbonyl (C=O) groups is 1. The van der Waals surface area contributed by atoms with E-state index in [2.05, 4.69) is 4.57 Å². The molecule has 1 heterocycles. The molecule has 0 unspecified atom stereocenters. The predicted octanol–water partition coefficient (Wildman–Crippen LogP) is 4.66. The minimum absolute atomic E-state index is 0.0759. The van der Waals surface area contributed by atoms with Gasteiger partial charge in [-0.15, -0.1) is 0 Å². The highest BCUT2D eigenvalue weighted by Gasteiger charge is 2.17. The average molecular weight is 305 g/mol. The van der Waals surface area contributed by atoms with Gasteiger partial charge in [0.2, 0.25) is 0 Å². The average Bonchev–Trinajstić information content (AvgIpc) is 2.93. The van der Waals surface area contributed by atoms with E-state index in [4.69, 9.17) is 4.74 Å².